The van der Waals surface area contributed by atoms with Crippen molar-refractivity contribution in [2.24, 2.45) is 0 Å². The summed E-state index contributed by atoms with van der Waals surface area (Å²) in [5, 5.41) is 14.5. The van der Waals surface area contributed by atoms with Gasteiger partial charge in [0.25, 0.3) is 5.91 Å². The summed E-state index contributed by atoms with van der Waals surface area (Å²) in [6, 6.07) is 9.84. The Morgan fingerprint density at radius 1 is 1.26 bits per heavy atom. The molecule has 1 aromatic heterocycles. The molecule has 0 unspecified atom stereocenters. The van der Waals surface area contributed by atoms with Crippen LogP contribution in [0, 0.1) is 6.92 Å². The largest absolute Gasteiger partial charge is 0.504 e. The van der Waals surface area contributed by atoms with Crippen LogP contribution in [0.1, 0.15) is 35.0 Å². The number of carbonyl (C=O) groups excluding carboxylic acids is 2. The summed E-state index contributed by atoms with van der Waals surface area (Å²) in [5.74, 6) is -0.120. The Labute approximate surface area is 202 Å². The number of H-pyrrole nitrogens is 1. The fourth-order valence-corrected chi connectivity index (χ4v) is 4.68. The molecule has 0 radical (unpaired) electrons. The zero-order valence-electron chi connectivity index (χ0n) is 19.4. The third-order valence-corrected chi connectivity index (χ3v) is 6.40. The zero-order chi connectivity index (χ0) is 24.4. The molecule has 3 N–H and O–H groups in total. The number of aromatic hydroxyl groups is 1. The lowest BCUT2D eigenvalue weighted by Gasteiger charge is -2.22. The van der Waals surface area contributed by atoms with E-state index in [1.165, 1.54) is 7.11 Å². The van der Waals surface area contributed by atoms with Crippen LogP contribution in [0.3, 0.4) is 0 Å². The lowest BCUT2D eigenvalue weighted by atomic mass is 10.1. The van der Waals surface area contributed by atoms with Gasteiger partial charge >= 0.3 is 5.97 Å². The van der Waals surface area contributed by atoms with E-state index in [1.54, 1.807) is 24.3 Å². The molecule has 4 rings (SSSR count). The molecule has 2 aromatic carbocycles. The highest BCUT2D eigenvalue weighted by Gasteiger charge is 2.38. The average Bonchev–Trinajstić information content (AvgIpc) is 3.36. The van der Waals surface area contributed by atoms with Crippen LogP contribution in [-0.4, -0.2) is 59.2 Å². The van der Waals surface area contributed by atoms with Crippen molar-refractivity contribution in [3.8, 4) is 11.5 Å². The van der Waals surface area contributed by atoms with E-state index in [2.05, 4.69) is 10.3 Å². The number of aryl methyl sites for hydroxylation is 1. The topological polar surface area (TPSA) is 104 Å². The fraction of sp³-hybridized carbons (Fsp3) is 0.360. The number of amides is 1. The average molecular weight is 486 g/mol. The minimum atomic E-state index is -0.498. The van der Waals surface area contributed by atoms with Gasteiger partial charge in [0.15, 0.2) is 11.5 Å². The Morgan fingerprint density at radius 3 is 2.79 bits per heavy atom. The molecule has 0 saturated carbocycles. The third kappa shape index (κ3) is 4.83. The molecule has 8 nitrogen and oxygen atoms in total. The van der Waals surface area contributed by atoms with Crippen LogP contribution in [0.5, 0.6) is 11.5 Å². The van der Waals surface area contributed by atoms with E-state index in [9.17, 15) is 14.7 Å². The summed E-state index contributed by atoms with van der Waals surface area (Å²) in [5.41, 5.74) is 3.02. The normalized spacial score (nSPS) is 18.2. The number of phenols is 1. The quantitative estimate of drug-likeness (QED) is 0.440. The molecule has 0 aliphatic carbocycles. The van der Waals surface area contributed by atoms with Crippen molar-refractivity contribution in [3.63, 3.8) is 0 Å². The van der Waals surface area contributed by atoms with E-state index in [0.717, 1.165) is 22.0 Å². The molecule has 0 spiro atoms. The first kappa shape index (κ1) is 23.9. The molecule has 1 aliphatic heterocycles. The number of esters is 1. The molecule has 9 heteroatoms. The summed E-state index contributed by atoms with van der Waals surface area (Å²) in [6.45, 7) is 5.07. The summed E-state index contributed by atoms with van der Waals surface area (Å²) in [4.78, 5) is 30.7. The number of nitrogens with zero attached hydrogens (tertiary/aromatic N) is 1. The van der Waals surface area contributed by atoms with Crippen LogP contribution in [0.4, 0.5) is 0 Å². The predicted molar refractivity (Wildman–Crippen MR) is 129 cm³/mol. The van der Waals surface area contributed by atoms with Gasteiger partial charge in [-0.3, -0.25) is 14.5 Å². The Balaban J connectivity index is 1.51. The number of aromatic nitrogens is 1. The number of carbonyl (C=O) groups is 2. The van der Waals surface area contributed by atoms with Gasteiger partial charge in [0.2, 0.25) is 0 Å². The van der Waals surface area contributed by atoms with Gasteiger partial charge in [-0.25, -0.2) is 0 Å². The molecular weight excluding hydrogens is 458 g/mol. The van der Waals surface area contributed by atoms with Crippen molar-refractivity contribution in [2.75, 3.05) is 20.3 Å². The number of ether oxygens (including phenoxy) is 2. The second-order valence-electron chi connectivity index (χ2n) is 8.42. The Bertz CT molecular complexity index is 1220. The highest BCUT2D eigenvalue weighted by atomic mass is 35.5. The van der Waals surface area contributed by atoms with Gasteiger partial charge in [0.1, 0.15) is 11.7 Å². The lowest BCUT2D eigenvalue weighted by Crippen LogP contribution is -2.38. The van der Waals surface area contributed by atoms with Crippen molar-refractivity contribution >= 4 is 34.4 Å². The van der Waals surface area contributed by atoms with Gasteiger partial charge in [-0.2, -0.15) is 0 Å². The maximum atomic E-state index is 13.1. The van der Waals surface area contributed by atoms with E-state index < -0.39 is 6.04 Å². The first-order chi connectivity index (χ1) is 16.3. The van der Waals surface area contributed by atoms with Crippen molar-refractivity contribution in [1.82, 2.24) is 15.2 Å². The second-order valence-corrected chi connectivity index (χ2v) is 8.86. The van der Waals surface area contributed by atoms with Crippen LogP contribution in [-0.2, 0) is 16.1 Å². The number of methoxy groups -OCH3 is 1. The third-order valence-electron chi connectivity index (χ3n) is 6.17. The number of benzene rings is 2. The number of hydrogen-bond donors (Lipinski definition) is 3. The molecule has 0 bridgehead atoms. The molecule has 1 amide bonds. The van der Waals surface area contributed by atoms with E-state index in [4.69, 9.17) is 21.1 Å². The number of likely N-dealkylation sites (tertiary alicyclic amines) is 1. The number of halogens is 1. The highest BCUT2D eigenvalue weighted by Crippen LogP contribution is 2.30. The maximum Gasteiger partial charge on any atom is 0.323 e. The first-order valence-corrected chi connectivity index (χ1v) is 11.5. The monoisotopic (exact) mass is 485 g/mol. The number of nitrogens with one attached hydrogen (secondary N) is 2. The highest BCUT2D eigenvalue weighted by molar-refractivity contribution is 6.31. The van der Waals surface area contributed by atoms with Gasteiger partial charge in [-0.15, -0.1) is 0 Å². The zero-order valence-corrected chi connectivity index (χ0v) is 20.1. The molecule has 1 saturated heterocycles. The molecule has 3 aromatic rings. The van der Waals surface area contributed by atoms with Gasteiger partial charge in [0.05, 0.1) is 13.7 Å². The van der Waals surface area contributed by atoms with E-state index in [1.807, 2.05) is 30.9 Å². The fourth-order valence-electron chi connectivity index (χ4n) is 4.51. The van der Waals surface area contributed by atoms with E-state index in [0.29, 0.717) is 42.6 Å². The van der Waals surface area contributed by atoms with Gasteiger partial charge in [-0.1, -0.05) is 17.7 Å². The molecule has 2 atom stereocenters. The molecular formula is C25H28ClN3O5. The summed E-state index contributed by atoms with van der Waals surface area (Å²) >= 11 is 6.11. The van der Waals surface area contributed by atoms with Gasteiger partial charge in [-0.05, 0) is 61.7 Å². The van der Waals surface area contributed by atoms with Gasteiger partial charge < -0.3 is 24.9 Å². The summed E-state index contributed by atoms with van der Waals surface area (Å²) < 4.78 is 10.5. The smallest absolute Gasteiger partial charge is 0.323 e. The van der Waals surface area contributed by atoms with Crippen LogP contribution < -0.4 is 10.1 Å². The van der Waals surface area contributed by atoms with Crippen LogP contribution in [0.2, 0.25) is 5.02 Å². The minimum Gasteiger partial charge on any atom is -0.504 e. The molecule has 34 heavy (non-hydrogen) atoms. The number of aromatic amines is 1. The Kier molecular flexibility index (Phi) is 7.00. The number of hydrogen-bond acceptors (Lipinski definition) is 6. The van der Waals surface area contributed by atoms with Crippen LogP contribution >= 0.6 is 11.6 Å². The first-order valence-electron chi connectivity index (χ1n) is 11.2. The van der Waals surface area contributed by atoms with Crippen molar-refractivity contribution in [1.29, 1.82) is 0 Å². The van der Waals surface area contributed by atoms with Crippen molar-refractivity contribution in [2.45, 2.75) is 38.9 Å². The molecule has 180 valence electrons. The van der Waals surface area contributed by atoms with Crippen LogP contribution in [0.15, 0.2) is 36.4 Å². The maximum absolute atomic E-state index is 13.1. The van der Waals surface area contributed by atoms with Gasteiger partial charge in [0, 0.05) is 35.1 Å². The second kappa shape index (κ2) is 9.95. The molecule has 1 fully saturated rings. The van der Waals surface area contributed by atoms with Crippen molar-refractivity contribution < 1.29 is 24.2 Å². The molecule has 1 aliphatic rings. The van der Waals surface area contributed by atoms with Crippen molar-refractivity contribution in [3.05, 3.63) is 58.2 Å². The Morgan fingerprint density at radius 2 is 2.06 bits per heavy atom. The van der Waals surface area contributed by atoms with Crippen LogP contribution in [0.25, 0.3) is 10.9 Å². The number of fused-ring (bicyclic) bond motifs is 1. The standard InChI is InChI=1S/C25H28ClN3O5/c1-4-34-22-9-15(5-8-21(22)30)12-29-13-17(11-20(29)25(32)33-3)27-24(31)23-14(2)18-10-16(26)6-7-19(18)28-23/h5-10,17,20,28,30H,4,11-13H2,1-3H3,(H,27,31)/t17-,20+/m1/s1. The van der Waals surface area contributed by atoms with E-state index >= 15 is 0 Å². The number of rotatable bonds is 7. The summed E-state index contributed by atoms with van der Waals surface area (Å²) in [7, 11) is 1.36. The number of phenolic OH excluding ortho intramolecular Hbond substituents is 1. The Hall–Kier alpha value is -3.23. The predicted octanol–water partition coefficient (Wildman–Crippen LogP) is 3.78. The van der Waals surface area contributed by atoms with E-state index in [-0.39, 0.29) is 23.7 Å². The minimum absolute atomic E-state index is 0.0664. The lowest BCUT2D eigenvalue weighted by molar-refractivity contribution is -0.146. The SMILES string of the molecule is CCOc1cc(CN2C[C@H](NC(=O)c3[nH]c4ccc(Cl)cc4c3C)C[C@H]2C(=O)OC)ccc1O. The molecule has 2 heterocycles. The summed E-state index contributed by atoms with van der Waals surface area (Å²) in [6.07, 6.45) is 0.430.